The summed E-state index contributed by atoms with van der Waals surface area (Å²) >= 11 is 0. The molecule has 0 bridgehead atoms. The van der Waals surface area contributed by atoms with Gasteiger partial charge in [-0.2, -0.15) is 0 Å². The fraction of sp³-hybridized carbons (Fsp3) is 0.579. The summed E-state index contributed by atoms with van der Waals surface area (Å²) in [5.41, 5.74) is 1.35. The molecular formula is C19H29FN4O2. The molecule has 0 radical (unpaired) electrons. The number of amides is 2. The summed E-state index contributed by atoms with van der Waals surface area (Å²) in [7, 11) is 0. The van der Waals surface area contributed by atoms with Crippen LogP contribution in [0.5, 0.6) is 0 Å². The first-order valence-electron chi connectivity index (χ1n) is 9.21. The molecule has 1 heterocycles. The molecular weight excluding hydrogens is 335 g/mol. The average molecular weight is 364 g/mol. The van der Waals surface area contributed by atoms with Gasteiger partial charge in [-0.1, -0.05) is 19.1 Å². The minimum absolute atomic E-state index is 0.0587. The van der Waals surface area contributed by atoms with Crippen LogP contribution >= 0.6 is 0 Å². The summed E-state index contributed by atoms with van der Waals surface area (Å²) < 4.78 is 13.5. The molecule has 2 N–H and O–H groups in total. The number of hydrogen-bond donors (Lipinski definition) is 2. The summed E-state index contributed by atoms with van der Waals surface area (Å²) in [5.74, 6) is -0.265. The van der Waals surface area contributed by atoms with Crippen molar-refractivity contribution in [3.63, 3.8) is 0 Å². The summed E-state index contributed by atoms with van der Waals surface area (Å²) in [6, 6.07) is 4.99. The standard InChI is InChI=1S/C19H29FN4O2/c1-3-6-21-18(25)13-23-7-9-24(10-8-23)14-19(26)22-12-16-5-4-15(2)17(20)11-16/h4-5,11H,3,6-10,12-14H2,1-2H3,(H,21,25)(H,22,26). The van der Waals surface area contributed by atoms with Crippen LogP contribution in [0.4, 0.5) is 4.39 Å². The number of carbonyl (C=O) groups excluding carboxylic acids is 2. The van der Waals surface area contributed by atoms with Crippen LogP contribution in [0.3, 0.4) is 0 Å². The number of nitrogens with one attached hydrogen (secondary N) is 2. The Morgan fingerprint density at radius 3 is 2.15 bits per heavy atom. The minimum atomic E-state index is -0.254. The molecule has 0 spiro atoms. The molecule has 1 saturated heterocycles. The van der Waals surface area contributed by atoms with E-state index in [1.54, 1.807) is 13.0 Å². The molecule has 2 rings (SSSR count). The van der Waals surface area contributed by atoms with Crippen molar-refractivity contribution in [2.24, 2.45) is 0 Å². The second kappa shape index (κ2) is 10.2. The van der Waals surface area contributed by atoms with Crippen LogP contribution in [0.15, 0.2) is 18.2 Å². The van der Waals surface area contributed by atoms with E-state index >= 15 is 0 Å². The number of nitrogens with zero attached hydrogens (tertiary/aromatic N) is 2. The highest BCUT2D eigenvalue weighted by Gasteiger charge is 2.20. The molecule has 0 aromatic heterocycles. The van der Waals surface area contributed by atoms with E-state index in [9.17, 15) is 14.0 Å². The van der Waals surface area contributed by atoms with Gasteiger partial charge < -0.3 is 10.6 Å². The molecule has 26 heavy (non-hydrogen) atoms. The maximum Gasteiger partial charge on any atom is 0.234 e. The second-order valence-electron chi connectivity index (χ2n) is 6.76. The number of piperazine rings is 1. The van der Waals surface area contributed by atoms with Crippen LogP contribution in [0, 0.1) is 12.7 Å². The molecule has 0 unspecified atom stereocenters. The third kappa shape index (κ3) is 6.72. The molecule has 6 nitrogen and oxygen atoms in total. The van der Waals surface area contributed by atoms with Gasteiger partial charge in [0.05, 0.1) is 13.1 Å². The minimum Gasteiger partial charge on any atom is -0.355 e. The van der Waals surface area contributed by atoms with Crippen molar-refractivity contribution in [2.75, 3.05) is 45.8 Å². The highest BCUT2D eigenvalue weighted by Crippen LogP contribution is 2.09. The summed E-state index contributed by atoms with van der Waals surface area (Å²) in [4.78, 5) is 28.0. The first kappa shape index (κ1) is 20.3. The van der Waals surface area contributed by atoms with Crippen LogP contribution < -0.4 is 10.6 Å². The van der Waals surface area contributed by atoms with E-state index in [0.717, 1.165) is 38.2 Å². The zero-order valence-corrected chi connectivity index (χ0v) is 15.7. The van der Waals surface area contributed by atoms with Crippen molar-refractivity contribution >= 4 is 11.8 Å². The van der Waals surface area contributed by atoms with Crippen LogP contribution in [0.25, 0.3) is 0 Å². The summed E-state index contributed by atoms with van der Waals surface area (Å²) in [6.45, 7) is 8.58. The Morgan fingerprint density at radius 1 is 1.04 bits per heavy atom. The van der Waals surface area contributed by atoms with Crippen molar-refractivity contribution < 1.29 is 14.0 Å². The molecule has 1 aromatic carbocycles. The lowest BCUT2D eigenvalue weighted by molar-refractivity contribution is -0.125. The number of hydrogen-bond acceptors (Lipinski definition) is 4. The normalized spacial score (nSPS) is 15.7. The molecule has 1 fully saturated rings. The van der Waals surface area contributed by atoms with E-state index in [4.69, 9.17) is 0 Å². The van der Waals surface area contributed by atoms with Gasteiger partial charge in [0, 0.05) is 39.3 Å². The molecule has 144 valence electrons. The Bertz CT molecular complexity index is 616. The van der Waals surface area contributed by atoms with Gasteiger partial charge in [0.25, 0.3) is 0 Å². The average Bonchev–Trinajstić information content (AvgIpc) is 2.62. The Hall–Kier alpha value is -1.99. The Kier molecular flexibility index (Phi) is 8.00. The fourth-order valence-electron chi connectivity index (χ4n) is 2.83. The van der Waals surface area contributed by atoms with Crippen molar-refractivity contribution in [2.45, 2.75) is 26.8 Å². The smallest absolute Gasteiger partial charge is 0.234 e. The van der Waals surface area contributed by atoms with E-state index in [-0.39, 0.29) is 17.6 Å². The van der Waals surface area contributed by atoms with Gasteiger partial charge in [-0.3, -0.25) is 19.4 Å². The highest BCUT2D eigenvalue weighted by atomic mass is 19.1. The van der Waals surface area contributed by atoms with Gasteiger partial charge in [-0.15, -0.1) is 0 Å². The maximum absolute atomic E-state index is 13.5. The number of aryl methyl sites for hydroxylation is 1. The van der Waals surface area contributed by atoms with Crippen LogP contribution in [0.2, 0.25) is 0 Å². The fourth-order valence-corrected chi connectivity index (χ4v) is 2.83. The topological polar surface area (TPSA) is 64.7 Å². The van der Waals surface area contributed by atoms with E-state index in [1.165, 1.54) is 6.07 Å². The summed E-state index contributed by atoms with van der Waals surface area (Å²) in [6.07, 6.45) is 0.934. The Morgan fingerprint density at radius 2 is 1.62 bits per heavy atom. The van der Waals surface area contributed by atoms with E-state index < -0.39 is 0 Å². The van der Waals surface area contributed by atoms with Crippen LogP contribution in [-0.2, 0) is 16.1 Å². The van der Waals surface area contributed by atoms with Gasteiger partial charge in [-0.25, -0.2) is 4.39 Å². The van der Waals surface area contributed by atoms with E-state index in [0.29, 0.717) is 31.7 Å². The predicted molar refractivity (Wildman–Crippen MR) is 99.2 cm³/mol. The molecule has 7 heteroatoms. The molecule has 1 aromatic rings. The van der Waals surface area contributed by atoms with Crippen molar-refractivity contribution in [3.8, 4) is 0 Å². The molecule has 1 aliphatic rings. The number of carbonyl (C=O) groups is 2. The second-order valence-corrected chi connectivity index (χ2v) is 6.76. The zero-order chi connectivity index (χ0) is 18.9. The van der Waals surface area contributed by atoms with Gasteiger partial charge in [-0.05, 0) is 30.5 Å². The number of halogens is 1. The lowest BCUT2D eigenvalue weighted by atomic mass is 10.1. The lowest BCUT2D eigenvalue weighted by Gasteiger charge is -2.33. The van der Waals surface area contributed by atoms with Gasteiger partial charge in [0.15, 0.2) is 0 Å². The molecule has 1 aliphatic heterocycles. The van der Waals surface area contributed by atoms with Crippen LogP contribution in [-0.4, -0.2) is 67.4 Å². The van der Waals surface area contributed by atoms with Gasteiger partial charge in [0.2, 0.25) is 11.8 Å². The van der Waals surface area contributed by atoms with Gasteiger partial charge in [0.1, 0.15) is 5.82 Å². The molecule has 0 aliphatic carbocycles. The SMILES string of the molecule is CCCNC(=O)CN1CCN(CC(=O)NCc2ccc(C)c(F)c2)CC1. The first-order chi connectivity index (χ1) is 12.5. The van der Waals surface area contributed by atoms with Crippen molar-refractivity contribution in [3.05, 3.63) is 35.1 Å². The molecule has 0 atom stereocenters. The first-order valence-corrected chi connectivity index (χ1v) is 9.21. The summed E-state index contributed by atoms with van der Waals surface area (Å²) in [5, 5.41) is 5.71. The highest BCUT2D eigenvalue weighted by molar-refractivity contribution is 5.78. The van der Waals surface area contributed by atoms with E-state index in [2.05, 4.69) is 20.4 Å². The van der Waals surface area contributed by atoms with E-state index in [1.807, 2.05) is 13.0 Å². The lowest BCUT2D eigenvalue weighted by Crippen LogP contribution is -2.51. The monoisotopic (exact) mass is 364 g/mol. The Balaban J connectivity index is 1.66. The van der Waals surface area contributed by atoms with Crippen molar-refractivity contribution in [1.29, 1.82) is 0 Å². The Labute approximate surface area is 154 Å². The van der Waals surface area contributed by atoms with Crippen LogP contribution in [0.1, 0.15) is 24.5 Å². The largest absolute Gasteiger partial charge is 0.355 e. The number of rotatable bonds is 8. The maximum atomic E-state index is 13.5. The number of benzene rings is 1. The predicted octanol–water partition coefficient (Wildman–Crippen LogP) is 0.894. The zero-order valence-electron chi connectivity index (χ0n) is 15.7. The third-order valence-corrected chi connectivity index (χ3v) is 4.50. The van der Waals surface area contributed by atoms with Crippen molar-refractivity contribution in [1.82, 2.24) is 20.4 Å². The molecule has 2 amide bonds. The van der Waals surface area contributed by atoms with Gasteiger partial charge >= 0.3 is 0 Å². The molecule has 0 saturated carbocycles. The quantitative estimate of drug-likeness (QED) is 0.719. The third-order valence-electron chi connectivity index (χ3n) is 4.50.